The van der Waals surface area contributed by atoms with Gasteiger partial charge in [-0.1, -0.05) is 49.0 Å². The van der Waals surface area contributed by atoms with Gasteiger partial charge in [0.15, 0.2) is 11.0 Å². The number of nitrogens with zero attached hydrogens (tertiary/aromatic N) is 3. The summed E-state index contributed by atoms with van der Waals surface area (Å²) in [7, 11) is 0. The largest absolute Gasteiger partial charge is 0.370 e. The van der Waals surface area contributed by atoms with Gasteiger partial charge in [-0.25, -0.2) is 0 Å². The van der Waals surface area contributed by atoms with Gasteiger partial charge < -0.3 is 5.73 Å². The third kappa shape index (κ3) is 3.85. The molecular formula is C15H20N4OS. The van der Waals surface area contributed by atoms with Crippen LogP contribution in [0, 0.1) is 0 Å². The molecule has 2 rings (SSSR count). The van der Waals surface area contributed by atoms with E-state index in [1.165, 1.54) is 11.8 Å². The van der Waals surface area contributed by atoms with Crippen LogP contribution in [0.5, 0.6) is 0 Å². The van der Waals surface area contributed by atoms with E-state index >= 15 is 0 Å². The molecule has 6 heteroatoms. The van der Waals surface area contributed by atoms with Crippen LogP contribution in [0.25, 0.3) is 11.4 Å². The maximum absolute atomic E-state index is 10.9. The Bertz CT molecular complexity index is 597. The summed E-state index contributed by atoms with van der Waals surface area (Å²) in [5.74, 6) is 1.20. The molecule has 0 unspecified atom stereocenters. The number of amides is 1. The SMILES string of the molecule is CC[C@H](C)n1c(SCCC(N)=O)nnc1-c1ccccc1. The number of benzene rings is 1. The summed E-state index contributed by atoms with van der Waals surface area (Å²) < 4.78 is 2.14. The van der Waals surface area contributed by atoms with Crippen LogP contribution in [0.4, 0.5) is 0 Å². The molecule has 0 saturated carbocycles. The van der Waals surface area contributed by atoms with Crippen LogP contribution < -0.4 is 5.73 Å². The van der Waals surface area contributed by atoms with E-state index in [1.807, 2.05) is 30.3 Å². The van der Waals surface area contributed by atoms with E-state index in [-0.39, 0.29) is 5.91 Å². The minimum absolute atomic E-state index is 0.291. The summed E-state index contributed by atoms with van der Waals surface area (Å²) >= 11 is 1.52. The zero-order valence-electron chi connectivity index (χ0n) is 12.3. The topological polar surface area (TPSA) is 73.8 Å². The molecule has 1 aromatic carbocycles. The fourth-order valence-electron chi connectivity index (χ4n) is 1.98. The Labute approximate surface area is 128 Å². The van der Waals surface area contributed by atoms with Crippen LogP contribution in [0.3, 0.4) is 0 Å². The van der Waals surface area contributed by atoms with Crippen LogP contribution in [0.15, 0.2) is 35.5 Å². The maximum Gasteiger partial charge on any atom is 0.218 e. The number of primary amides is 1. The Morgan fingerprint density at radius 2 is 2.05 bits per heavy atom. The van der Waals surface area contributed by atoms with Crippen molar-refractivity contribution in [2.45, 2.75) is 37.9 Å². The number of rotatable bonds is 7. The molecule has 0 saturated heterocycles. The molecule has 21 heavy (non-hydrogen) atoms. The van der Waals surface area contributed by atoms with Gasteiger partial charge in [0.2, 0.25) is 5.91 Å². The summed E-state index contributed by atoms with van der Waals surface area (Å²) in [6, 6.07) is 10.3. The van der Waals surface area contributed by atoms with Crippen molar-refractivity contribution in [1.29, 1.82) is 0 Å². The average Bonchev–Trinajstić information content (AvgIpc) is 2.91. The highest BCUT2D eigenvalue weighted by atomic mass is 32.2. The van der Waals surface area contributed by atoms with Crippen molar-refractivity contribution in [2.24, 2.45) is 5.73 Å². The smallest absolute Gasteiger partial charge is 0.218 e. The first-order valence-electron chi connectivity index (χ1n) is 7.05. The lowest BCUT2D eigenvalue weighted by atomic mass is 10.2. The summed E-state index contributed by atoms with van der Waals surface area (Å²) in [6.45, 7) is 4.28. The van der Waals surface area contributed by atoms with Crippen molar-refractivity contribution in [3.05, 3.63) is 30.3 Å². The van der Waals surface area contributed by atoms with Gasteiger partial charge in [0.05, 0.1) is 0 Å². The molecule has 0 radical (unpaired) electrons. The van der Waals surface area contributed by atoms with Crippen LogP contribution in [0.1, 0.15) is 32.7 Å². The Balaban J connectivity index is 2.29. The first-order valence-corrected chi connectivity index (χ1v) is 8.03. The Kier molecular flexibility index (Phi) is 5.38. The zero-order valence-corrected chi connectivity index (χ0v) is 13.1. The van der Waals surface area contributed by atoms with Crippen LogP contribution in [-0.4, -0.2) is 26.4 Å². The van der Waals surface area contributed by atoms with Gasteiger partial charge in [0, 0.05) is 23.8 Å². The van der Waals surface area contributed by atoms with Gasteiger partial charge >= 0.3 is 0 Å². The molecule has 5 nitrogen and oxygen atoms in total. The fraction of sp³-hybridized carbons (Fsp3) is 0.400. The third-order valence-electron chi connectivity index (χ3n) is 3.31. The Hall–Kier alpha value is -1.82. The van der Waals surface area contributed by atoms with Gasteiger partial charge in [-0.2, -0.15) is 0 Å². The molecule has 1 amide bonds. The number of carbonyl (C=O) groups is 1. The molecule has 0 aliphatic rings. The number of hydrogen-bond acceptors (Lipinski definition) is 4. The van der Waals surface area contributed by atoms with E-state index in [0.29, 0.717) is 18.2 Å². The Morgan fingerprint density at radius 3 is 2.67 bits per heavy atom. The van der Waals surface area contributed by atoms with E-state index in [0.717, 1.165) is 23.0 Å². The fourth-order valence-corrected chi connectivity index (χ4v) is 2.97. The van der Waals surface area contributed by atoms with Crippen molar-refractivity contribution in [1.82, 2.24) is 14.8 Å². The Morgan fingerprint density at radius 1 is 1.33 bits per heavy atom. The first kappa shape index (κ1) is 15.6. The maximum atomic E-state index is 10.9. The van der Waals surface area contributed by atoms with E-state index in [9.17, 15) is 4.79 Å². The highest BCUT2D eigenvalue weighted by Gasteiger charge is 2.18. The second-order valence-electron chi connectivity index (χ2n) is 4.86. The number of thioether (sulfide) groups is 1. The number of hydrogen-bond donors (Lipinski definition) is 1. The lowest BCUT2D eigenvalue weighted by Crippen LogP contribution is -2.12. The van der Waals surface area contributed by atoms with E-state index in [4.69, 9.17) is 5.73 Å². The van der Waals surface area contributed by atoms with Crippen LogP contribution in [0.2, 0.25) is 0 Å². The van der Waals surface area contributed by atoms with E-state index < -0.39 is 0 Å². The van der Waals surface area contributed by atoms with Crippen molar-refractivity contribution in [3.63, 3.8) is 0 Å². The molecule has 0 bridgehead atoms. The molecule has 0 fully saturated rings. The molecule has 112 valence electrons. The molecule has 0 aliphatic carbocycles. The lowest BCUT2D eigenvalue weighted by Gasteiger charge is -2.16. The van der Waals surface area contributed by atoms with Crippen molar-refractivity contribution in [3.8, 4) is 11.4 Å². The molecule has 2 N–H and O–H groups in total. The number of nitrogens with two attached hydrogens (primary N) is 1. The predicted molar refractivity (Wildman–Crippen MR) is 85.0 cm³/mol. The van der Waals surface area contributed by atoms with E-state index in [1.54, 1.807) is 0 Å². The minimum atomic E-state index is -0.291. The normalized spacial score (nSPS) is 12.3. The second-order valence-corrected chi connectivity index (χ2v) is 5.93. The van der Waals surface area contributed by atoms with E-state index in [2.05, 4.69) is 28.6 Å². The average molecular weight is 304 g/mol. The van der Waals surface area contributed by atoms with Gasteiger partial charge in [0.25, 0.3) is 0 Å². The van der Waals surface area contributed by atoms with Crippen molar-refractivity contribution in [2.75, 3.05) is 5.75 Å². The summed E-state index contributed by atoms with van der Waals surface area (Å²) in [5, 5.41) is 9.45. The molecule has 1 atom stereocenters. The number of carbonyl (C=O) groups excluding carboxylic acids is 1. The molecule has 2 aromatic rings. The molecule has 1 heterocycles. The first-order chi connectivity index (χ1) is 10.1. The highest BCUT2D eigenvalue weighted by Crippen LogP contribution is 2.29. The molecule has 0 aliphatic heterocycles. The van der Waals surface area contributed by atoms with Crippen LogP contribution in [-0.2, 0) is 4.79 Å². The number of aromatic nitrogens is 3. The summed E-state index contributed by atoms with van der Waals surface area (Å²) in [6.07, 6.45) is 1.33. The van der Waals surface area contributed by atoms with Crippen molar-refractivity contribution >= 4 is 17.7 Å². The molecule has 1 aromatic heterocycles. The molecular weight excluding hydrogens is 284 g/mol. The monoisotopic (exact) mass is 304 g/mol. The van der Waals surface area contributed by atoms with Gasteiger partial charge in [-0.3, -0.25) is 9.36 Å². The summed E-state index contributed by atoms with van der Waals surface area (Å²) in [4.78, 5) is 10.9. The molecule has 0 spiro atoms. The van der Waals surface area contributed by atoms with Crippen LogP contribution >= 0.6 is 11.8 Å². The van der Waals surface area contributed by atoms with Gasteiger partial charge in [-0.15, -0.1) is 10.2 Å². The highest BCUT2D eigenvalue weighted by molar-refractivity contribution is 7.99. The minimum Gasteiger partial charge on any atom is -0.370 e. The zero-order chi connectivity index (χ0) is 15.2. The second kappa shape index (κ2) is 7.26. The van der Waals surface area contributed by atoms with Gasteiger partial charge in [-0.05, 0) is 13.3 Å². The third-order valence-corrected chi connectivity index (χ3v) is 4.25. The summed E-state index contributed by atoms with van der Waals surface area (Å²) in [5.41, 5.74) is 6.23. The standard InChI is InChI=1S/C15H20N4OS/c1-3-11(2)19-14(12-7-5-4-6-8-12)17-18-15(19)21-10-9-13(16)20/h4-8,11H,3,9-10H2,1-2H3,(H2,16,20)/t11-/m0/s1. The predicted octanol–water partition coefficient (Wildman–Crippen LogP) is 2.88. The lowest BCUT2D eigenvalue weighted by molar-refractivity contribution is -0.117. The van der Waals surface area contributed by atoms with Crippen molar-refractivity contribution < 1.29 is 4.79 Å². The van der Waals surface area contributed by atoms with Gasteiger partial charge in [0.1, 0.15) is 0 Å². The quantitative estimate of drug-likeness (QED) is 0.798.